The van der Waals surface area contributed by atoms with Crippen molar-refractivity contribution in [3.05, 3.63) is 33.8 Å². The van der Waals surface area contributed by atoms with Crippen molar-refractivity contribution in [3.63, 3.8) is 0 Å². The largest absolute Gasteiger partial charge is 0.480 e. The van der Waals surface area contributed by atoms with Gasteiger partial charge in [-0.15, -0.1) is 0 Å². The highest BCUT2D eigenvalue weighted by molar-refractivity contribution is 6.35. The number of hydrogen-bond acceptors (Lipinski definition) is 2. The first kappa shape index (κ1) is 11.7. The summed E-state index contributed by atoms with van der Waals surface area (Å²) in [5.41, 5.74) is 0.850. The number of carboxylic acids is 1. The summed E-state index contributed by atoms with van der Waals surface area (Å²) < 4.78 is 0. The molecule has 16 heavy (non-hydrogen) atoms. The molecule has 3 nitrogen and oxygen atoms in total. The summed E-state index contributed by atoms with van der Waals surface area (Å²) in [7, 11) is 0. The average Bonchev–Trinajstić information content (AvgIpc) is 2.66. The Morgan fingerprint density at radius 2 is 2.19 bits per heavy atom. The molecule has 1 aromatic carbocycles. The van der Waals surface area contributed by atoms with Crippen molar-refractivity contribution in [2.75, 3.05) is 6.54 Å². The van der Waals surface area contributed by atoms with Crippen molar-refractivity contribution in [2.24, 2.45) is 0 Å². The highest BCUT2D eigenvalue weighted by Crippen LogP contribution is 2.34. The van der Waals surface area contributed by atoms with Crippen molar-refractivity contribution < 1.29 is 9.90 Å². The molecule has 1 heterocycles. The van der Waals surface area contributed by atoms with Crippen LogP contribution >= 0.6 is 23.2 Å². The number of carbonyl (C=O) groups is 1. The number of carboxylic acid groups (broad SMARTS) is 1. The number of halogens is 2. The van der Waals surface area contributed by atoms with Gasteiger partial charge in [-0.1, -0.05) is 29.3 Å². The van der Waals surface area contributed by atoms with Crippen LogP contribution in [-0.2, 0) is 4.79 Å². The zero-order valence-corrected chi connectivity index (χ0v) is 9.92. The Labute approximate surface area is 103 Å². The Hall–Kier alpha value is -0.770. The number of nitrogens with one attached hydrogen (secondary N) is 1. The Morgan fingerprint density at radius 3 is 2.81 bits per heavy atom. The van der Waals surface area contributed by atoms with E-state index in [0.717, 1.165) is 12.0 Å². The van der Waals surface area contributed by atoms with Crippen LogP contribution in [-0.4, -0.2) is 23.7 Å². The molecule has 1 fully saturated rings. The molecule has 0 radical (unpaired) electrons. The molecule has 86 valence electrons. The quantitative estimate of drug-likeness (QED) is 0.859. The fourth-order valence-electron chi connectivity index (χ4n) is 2.10. The van der Waals surface area contributed by atoms with E-state index in [9.17, 15) is 4.79 Å². The van der Waals surface area contributed by atoms with E-state index in [4.69, 9.17) is 28.3 Å². The fourth-order valence-corrected chi connectivity index (χ4v) is 2.65. The van der Waals surface area contributed by atoms with Gasteiger partial charge in [0.2, 0.25) is 0 Å². The molecule has 2 rings (SSSR count). The third kappa shape index (κ3) is 2.17. The van der Waals surface area contributed by atoms with E-state index in [1.165, 1.54) is 0 Å². The lowest BCUT2D eigenvalue weighted by molar-refractivity contribution is -0.139. The van der Waals surface area contributed by atoms with Gasteiger partial charge in [-0.3, -0.25) is 4.79 Å². The van der Waals surface area contributed by atoms with E-state index < -0.39 is 12.0 Å². The Bertz CT molecular complexity index is 422. The van der Waals surface area contributed by atoms with Gasteiger partial charge in [0.05, 0.1) is 0 Å². The molecule has 0 aliphatic carbocycles. The summed E-state index contributed by atoms with van der Waals surface area (Å²) in [5, 5.41) is 13.1. The van der Waals surface area contributed by atoms with Gasteiger partial charge in [0.1, 0.15) is 6.04 Å². The number of benzene rings is 1. The summed E-state index contributed by atoms with van der Waals surface area (Å²) in [6.07, 6.45) is 0.776. The van der Waals surface area contributed by atoms with E-state index in [2.05, 4.69) is 5.32 Å². The van der Waals surface area contributed by atoms with Crippen LogP contribution in [0.25, 0.3) is 0 Å². The Balaban J connectivity index is 2.32. The van der Waals surface area contributed by atoms with Gasteiger partial charge < -0.3 is 10.4 Å². The minimum atomic E-state index is -0.839. The molecule has 0 amide bonds. The second-order valence-corrected chi connectivity index (χ2v) is 4.67. The highest BCUT2D eigenvalue weighted by Gasteiger charge is 2.34. The van der Waals surface area contributed by atoms with Crippen molar-refractivity contribution in [1.29, 1.82) is 0 Å². The first-order valence-corrected chi connectivity index (χ1v) is 5.76. The van der Waals surface area contributed by atoms with Crippen LogP contribution in [0.15, 0.2) is 18.2 Å². The van der Waals surface area contributed by atoms with Crippen molar-refractivity contribution in [1.82, 2.24) is 5.32 Å². The maximum Gasteiger partial charge on any atom is 0.321 e. The lowest BCUT2D eigenvalue weighted by Gasteiger charge is -2.17. The Morgan fingerprint density at radius 1 is 1.44 bits per heavy atom. The predicted molar refractivity (Wildman–Crippen MR) is 63.2 cm³/mol. The number of hydrogen-bond donors (Lipinski definition) is 2. The number of rotatable bonds is 2. The fraction of sp³-hybridized carbons (Fsp3) is 0.364. The smallest absolute Gasteiger partial charge is 0.321 e. The monoisotopic (exact) mass is 259 g/mol. The lowest BCUT2D eigenvalue weighted by atomic mass is 9.92. The summed E-state index contributed by atoms with van der Waals surface area (Å²) in [4.78, 5) is 11.0. The molecule has 1 saturated heterocycles. The minimum Gasteiger partial charge on any atom is -0.480 e. The van der Waals surface area contributed by atoms with Crippen LogP contribution in [0.1, 0.15) is 17.9 Å². The molecule has 0 bridgehead atoms. The SMILES string of the molecule is O=C(O)C1NCCC1c1ccc(Cl)cc1Cl. The van der Waals surface area contributed by atoms with E-state index in [0.29, 0.717) is 16.6 Å². The van der Waals surface area contributed by atoms with Crippen LogP contribution in [0.3, 0.4) is 0 Å². The van der Waals surface area contributed by atoms with Crippen molar-refractivity contribution >= 4 is 29.2 Å². The molecule has 0 spiro atoms. The van der Waals surface area contributed by atoms with E-state index in [-0.39, 0.29) is 5.92 Å². The van der Waals surface area contributed by atoms with Crippen molar-refractivity contribution in [2.45, 2.75) is 18.4 Å². The average molecular weight is 260 g/mol. The first-order valence-electron chi connectivity index (χ1n) is 5.00. The first-order chi connectivity index (χ1) is 7.59. The number of aliphatic carboxylic acids is 1. The topological polar surface area (TPSA) is 49.3 Å². The van der Waals surface area contributed by atoms with Gasteiger partial charge in [-0.05, 0) is 30.7 Å². The van der Waals surface area contributed by atoms with Gasteiger partial charge in [0.15, 0.2) is 0 Å². The summed E-state index contributed by atoms with van der Waals surface area (Å²) in [5.74, 6) is -0.921. The molecule has 0 saturated carbocycles. The minimum absolute atomic E-state index is 0.0812. The van der Waals surface area contributed by atoms with Crippen LogP contribution in [0, 0.1) is 0 Å². The molecular formula is C11H11Cl2NO2. The highest BCUT2D eigenvalue weighted by atomic mass is 35.5. The van der Waals surface area contributed by atoms with Crippen LogP contribution in [0.4, 0.5) is 0 Å². The predicted octanol–water partition coefficient (Wildman–Crippen LogP) is 2.52. The van der Waals surface area contributed by atoms with Crippen LogP contribution in [0.2, 0.25) is 10.0 Å². The normalized spacial score (nSPS) is 24.6. The third-order valence-corrected chi connectivity index (χ3v) is 3.41. The zero-order chi connectivity index (χ0) is 11.7. The lowest BCUT2D eigenvalue weighted by Crippen LogP contribution is -2.34. The van der Waals surface area contributed by atoms with Gasteiger partial charge in [0.25, 0.3) is 0 Å². The van der Waals surface area contributed by atoms with E-state index in [1.54, 1.807) is 18.2 Å². The molecule has 2 atom stereocenters. The van der Waals surface area contributed by atoms with Gasteiger partial charge in [-0.2, -0.15) is 0 Å². The maximum atomic E-state index is 11.0. The van der Waals surface area contributed by atoms with E-state index >= 15 is 0 Å². The maximum absolute atomic E-state index is 11.0. The van der Waals surface area contributed by atoms with Crippen LogP contribution < -0.4 is 5.32 Å². The second-order valence-electron chi connectivity index (χ2n) is 3.83. The molecular weight excluding hydrogens is 249 g/mol. The summed E-state index contributed by atoms with van der Waals surface area (Å²) in [6, 6.07) is 4.63. The zero-order valence-electron chi connectivity index (χ0n) is 8.41. The van der Waals surface area contributed by atoms with Gasteiger partial charge in [0, 0.05) is 16.0 Å². The standard InChI is InChI=1S/C11H11Cl2NO2/c12-6-1-2-7(9(13)5-6)8-3-4-14-10(8)11(15)16/h1-2,5,8,10,14H,3-4H2,(H,15,16). The summed E-state index contributed by atoms with van der Waals surface area (Å²) in [6.45, 7) is 0.695. The molecule has 1 aliphatic heterocycles. The molecule has 2 unspecified atom stereocenters. The van der Waals surface area contributed by atoms with Crippen LogP contribution in [0.5, 0.6) is 0 Å². The molecule has 1 aromatic rings. The molecule has 1 aliphatic rings. The Kier molecular flexibility index (Phi) is 3.38. The molecule has 5 heteroatoms. The molecule has 2 N–H and O–H groups in total. The van der Waals surface area contributed by atoms with E-state index in [1.807, 2.05) is 0 Å². The molecule has 0 aromatic heterocycles. The van der Waals surface area contributed by atoms with Gasteiger partial charge >= 0.3 is 5.97 Å². The summed E-state index contributed by atoms with van der Waals surface area (Å²) >= 11 is 11.9. The van der Waals surface area contributed by atoms with Gasteiger partial charge in [-0.25, -0.2) is 0 Å². The second kappa shape index (κ2) is 4.62. The third-order valence-electron chi connectivity index (χ3n) is 2.85. The van der Waals surface area contributed by atoms with Crippen molar-refractivity contribution in [3.8, 4) is 0 Å².